The van der Waals surface area contributed by atoms with Crippen molar-refractivity contribution in [2.24, 2.45) is 0 Å². The SMILES string of the molecule is CCCCOC(=O)c1ccccc1S(=O)(=O)Oc1ccc(CN(C(=O)NC(C)(C)C)C2CC2)cc1. The second-order valence-corrected chi connectivity index (χ2v) is 11.2. The summed E-state index contributed by atoms with van der Waals surface area (Å²) in [7, 11) is -4.27. The molecular weight excluding hydrogens is 468 g/mol. The van der Waals surface area contributed by atoms with Gasteiger partial charge in [0, 0.05) is 18.1 Å². The van der Waals surface area contributed by atoms with Gasteiger partial charge < -0.3 is 19.1 Å². The fourth-order valence-corrected chi connectivity index (χ4v) is 4.52. The highest BCUT2D eigenvalue weighted by Gasteiger charge is 2.34. The molecule has 9 heteroatoms. The lowest BCUT2D eigenvalue weighted by Crippen LogP contribution is -2.49. The first-order chi connectivity index (χ1) is 16.5. The van der Waals surface area contributed by atoms with Crippen molar-refractivity contribution in [2.45, 2.75) is 76.4 Å². The highest BCUT2D eigenvalue weighted by molar-refractivity contribution is 7.87. The van der Waals surface area contributed by atoms with Crippen LogP contribution in [0.1, 0.15) is 69.3 Å². The Labute approximate surface area is 207 Å². The summed E-state index contributed by atoms with van der Waals surface area (Å²) in [6, 6.07) is 12.5. The molecule has 1 aliphatic rings. The number of rotatable bonds is 10. The van der Waals surface area contributed by atoms with Crippen LogP contribution in [0.15, 0.2) is 53.4 Å². The molecule has 1 N–H and O–H groups in total. The minimum Gasteiger partial charge on any atom is -0.462 e. The molecular formula is C26H34N2O6S. The van der Waals surface area contributed by atoms with E-state index in [0.717, 1.165) is 24.8 Å². The number of nitrogens with zero attached hydrogens (tertiary/aromatic N) is 1. The highest BCUT2D eigenvalue weighted by atomic mass is 32.2. The molecule has 0 bridgehead atoms. The van der Waals surface area contributed by atoms with Crippen LogP contribution in [0.2, 0.25) is 0 Å². The minimum atomic E-state index is -4.27. The summed E-state index contributed by atoms with van der Waals surface area (Å²) in [6.07, 6.45) is 3.49. The van der Waals surface area contributed by atoms with Crippen molar-refractivity contribution in [2.75, 3.05) is 6.61 Å². The molecule has 1 fully saturated rings. The van der Waals surface area contributed by atoms with Crippen molar-refractivity contribution in [1.82, 2.24) is 10.2 Å². The molecule has 0 spiro atoms. The lowest BCUT2D eigenvalue weighted by atomic mass is 10.1. The number of carbonyl (C=O) groups excluding carboxylic acids is 2. The largest absolute Gasteiger partial charge is 0.462 e. The molecule has 1 aliphatic carbocycles. The summed E-state index contributed by atoms with van der Waals surface area (Å²) in [5, 5.41) is 3.00. The quantitative estimate of drug-likeness (QED) is 0.282. The summed E-state index contributed by atoms with van der Waals surface area (Å²) in [5.74, 6) is -0.592. The summed E-state index contributed by atoms with van der Waals surface area (Å²) in [4.78, 5) is 26.7. The summed E-state index contributed by atoms with van der Waals surface area (Å²) in [6.45, 7) is 8.40. The van der Waals surface area contributed by atoms with Crippen LogP contribution in [0.5, 0.6) is 5.75 Å². The lowest BCUT2D eigenvalue weighted by molar-refractivity contribution is 0.0495. The Balaban J connectivity index is 1.70. The molecule has 0 aromatic heterocycles. The highest BCUT2D eigenvalue weighted by Crippen LogP contribution is 2.29. The lowest BCUT2D eigenvalue weighted by Gasteiger charge is -2.28. The van der Waals surface area contributed by atoms with Gasteiger partial charge in [-0.2, -0.15) is 8.42 Å². The van der Waals surface area contributed by atoms with Gasteiger partial charge in [0.25, 0.3) is 0 Å². The van der Waals surface area contributed by atoms with Gasteiger partial charge in [-0.1, -0.05) is 37.6 Å². The Kier molecular flexibility index (Phi) is 8.43. The second kappa shape index (κ2) is 11.1. The topological polar surface area (TPSA) is 102 Å². The number of unbranched alkanes of at least 4 members (excludes halogenated alkanes) is 1. The van der Waals surface area contributed by atoms with Crippen molar-refractivity contribution in [1.29, 1.82) is 0 Å². The predicted octanol–water partition coefficient (Wildman–Crippen LogP) is 4.88. The average molecular weight is 503 g/mol. The molecule has 2 aromatic carbocycles. The fourth-order valence-electron chi connectivity index (χ4n) is 3.40. The number of hydrogen-bond donors (Lipinski definition) is 1. The zero-order chi connectivity index (χ0) is 25.6. The summed E-state index contributed by atoms with van der Waals surface area (Å²) >= 11 is 0. The predicted molar refractivity (Wildman–Crippen MR) is 133 cm³/mol. The van der Waals surface area contributed by atoms with E-state index < -0.39 is 16.1 Å². The maximum atomic E-state index is 12.9. The molecule has 2 amide bonds. The minimum absolute atomic E-state index is 0.0647. The van der Waals surface area contributed by atoms with E-state index in [1.54, 1.807) is 35.2 Å². The van der Waals surface area contributed by atoms with E-state index in [9.17, 15) is 18.0 Å². The molecule has 1 saturated carbocycles. The van der Waals surface area contributed by atoms with Crippen LogP contribution in [0, 0.1) is 0 Å². The Morgan fingerprint density at radius 2 is 1.71 bits per heavy atom. The average Bonchev–Trinajstić information content (AvgIpc) is 3.62. The van der Waals surface area contributed by atoms with Crippen LogP contribution in [0.3, 0.4) is 0 Å². The van der Waals surface area contributed by atoms with E-state index >= 15 is 0 Å². The number of esters is 1. The number of carbonyl (C=O) groups is 2. The summed E-state index contributed by atoms with van der Waals surface area (Å²) < 4.78 is 36.4. The number of nitrogens with one attached hydrogen (secondary N) is 1. The maximum absolute atomic E-state index is 12.9. The Bertz CT molecular complexity index is 1140. The van der Waals surface area contributed by atoms with Crippen LogP contribution in [0.25, 0.3) is 0 Å². The molecule has 0 atom stereocenters. The monoisotopic (exact) mass is 502 g/mol. The van der Waals surface area contributed by atoms with Gasteiger partial charge in [-0.25, -0.2) is 9.59 Å². The van der Waals surface area contributed by atoms with E-state index in [1.807, 2.05) is 27.7 Å². The van der Waals surface area contributed by atoms with Gasteiger partial charge in [-0.05, 0) is 69.9 Å². The van der Waals surface area contributed by atoms with Crippen LogP contribution in [-0.4, -0.2) is 43.5 Å². The van der Waals surface area contributed by atoms with Crippen LogP contribution < -0.4 is 9.50 Å². The van der Waals surface area contributed by atoms with Crippen LogP contribution >= 0.6 is 0 Å². The van der Waals surface area contributed by atoms with E-state index in [0.29, 0.717) is 13.0 Å². The Morgan fingerprint density at radius 3 is 2.31 bits per heavy atom. The van der Waals surface area contributed by atoms with Gasteiger partial charge in [-0.3, -0.25) is 0 Å². The van der Waals surface area contributed by atoms with Gasteiger partial charge in [0.1, 0.15) is 10.6 Å². The molecule has 2 aromatic rings. The molecule has 0 saturated heterocycles. The first-order valence-electron chi connectivity index (χ1n) is 11.9. The third-order valence-corrected chi connectivity index (χ3v) is 6.63. The fraction of sp³-hybridized carbons (Fsp3) is 0.462. The third-order valence-electron chi connectivity index (χ3n) is 5.32. The van der Waals surface area contributed by atoms with Gasteiger partial charge in [0.05, 0.1) is 12.2 Å². The maximum Gasteiger partial charge on any atom is 0.340 e. The van der Waals surface area contributed by atoms with Gasteiger partial charge in [0.15, 0.2) is 0 Å². The normalized spacial score (nSPS) is 13.7. The molecule has 0 radical (unpaired) electrons. The number of amides is 2. The smallest absolute Gasteiger partial charge is 0.340 e. The van der Waals surface area contributed by atoms with E-state index in [4.69, 9.17) is 8.92 Å². The molecule has 3 rings (SSSR count). The zero-order valence-corrected chi connectivity index (χ0v) is 21.6. The summed E-state index contributed by atoms with van der Waals surface area (Å²) in [5.41, 5.74) is 0.449. The van der Waals surface area contributed by atoms with Crippen LogP contribution in [0.4, 0.5) is 4.79 Å². The van der Waals surface area contributed by atoms with Crippen molar-refractivity contribution in [3.05, 3.63) is 59.7 Å². The second-order valence-electron chi connectivity index (χ2n) is 9.71. The standard InChI is InChI=1S/C26H34N2O6S/c1-5-6-17-33-24(29)22-9-7-8-10-23(22)35(31,32)34-21-15-11-19(12-16-21)18-28(20-13-14-20)25(30)27-26(2,3)4/h7-12,15-16,20H,5-6,13-14,17-18H2,1-4H3,(H,27,30). The van der Waals surface area contributed by atoms with E-state index in [-0.39, 0.29) is 40.4 Å². The van der Waals surface area contributed by atoms with Crippen molar-refractivity contribution in [3.8, 4) is 5.75 Å². The number of ether oxygens (including phenoxy) is 1. The third kappa shape index (κ3) is 7.71. The first-order valence-corrected chi connectivity index (χ1v) is 13.3. The molecule has 0 unspecified atom stereocenters. The van der Waals surface area contributed by atoms with E-state index in [2.05, 4.69) is 5.32 Å². The van der Waals surface area contributed by atoms with Gasteiger partial charge >= 0.3 is 22.1 Å². The number of benzene rings is 2. The van der Waals surface area contributed by atoms with Gasteiger partial charge in [0.2, 0.25) is 0 Å². The molecule has 35 heavy (non-hydrogen) atoms. The van der Waals surface area contributed by atoms with Gasteiger partial charge in [-0.15, -0.1) is 0 Å². The number of urea groups is 1. The molecule has 8 nitrogen and oxygen atoms in total. The molecule has 0 heterocycles. The first kappa shape index (κ1) is 26.5. The molecule has 190 valence electrons. The Hall–Kier alpha value is -3.07. The van der Waals surface area contributed by atoms with E-state index in [1.165, 1.54) is 18.2 Å². The van der Waals surface area contributed by atoms with Crippen molar-refractivity contribution in [3.63, 3.8) is 0 Å². The van der Waals surface area contributed by atoms with Crippen LogP contribution in [-0.2, 0) is 21.4 Å². The van der Waals surface area contributed by atoms with Crippen molar-refractivity contribution < 1.29 is 26.9 Å². The Morgan fingerprint density at radius 1 is 1.06 bits per heavy atom. The van der Waals surface area contributed by atoms with Crippen molar-refractivity contribution >= 4 is 22.1 Å². The molecule has 0 aliphatic heterocycles. The number of hydrogen-bond acceptors (Lipinski definition) is 6. The zero-order valence-electron chi connectivity index (χ0n) is 20.7.